The maximum atomic E-state index is 10.6. The molecule has 0 aromatic carbocycles. The van der Waals surface area contributed by atoms with Gasteiger partial charge in [0.2, 0.25) is 0 Å². The first kappa shape index (κ1) is 14.5. The average Bonchev–Trinajstić information content (AvgIpc) is 2.20. The van der Waals surface area contributed by atoms with Crippen LogP contribution in [0.1, 0.15) is 65.7 Å². The van der Waals surface area contributed by atoms with Crippen LogP contribution in [0.25, 0.3) is 0 Å². The number of hydrogen-bond acceptors (Lipinski definition) is 1. The minimum atomic E-state index is -0.659. The van der Waals surface area contributed by atoms with Gasteiger partial charge in [-0.1, -0.05) is 52.9 Å². The van der Waals surface area contributed by atoms with Gasteiger partial charge in [-0.05, 0) is 18.8 Å². The van der Waals surface area contributed by atoms with Crippen molar-refractivity contribution in [1.82, 2.24) is 0 Å². The lowest BCUT2D eigenvalue weighted by Crippen LogP contribution is -2.10. The molecule has 0 saturated carbocycles. The van der Waals surface area contributed by atoms with Crippen molar-refractivity contribution < 1.29 is 9.90 Å². The molecule has 0 aromatic rings. The van der Waals surface area contributed by atoms with Gasteiger partial charge in [0.05, 0.1) is 5.92 Å². The van der Waals surface area contributed by atoms with Crippen molar-refractivity contribution in [3.63, 3.8) is 0 Å². The average molecular weight is 214 g/mol. The van der Waals surface area contributed by atoms with E-state index in [0.717, 1.165) is 12.8 Å². The number of hydrogen-bond donors (Lipinski definition) is 1. The topological polar surface area (TPSA) is 37.3 Å². The van der Waals surface area contributed by atoms with Crippen molar-refractivity contribution in [2.75, 3.05) is 0 Å². The first-order chi connectivity index (χ1) is 7.07. The molecule has 0 aromatic heterocycles. The zero-order valence-corrected chi connectivity index (χ0v) is 10.5. The molecule has 0 heterocycles. The highest BCUT2D eigenvalue weighted by Gasteiger charge is 2.12. The van der Waals surface area contributed by atoms with Crippen LogP contribution >= 0.6 is 0 Å². The van der Waals surface area contributed by atoms with Gasteiger partial charge >= 0.3 is 5.97 Å². The minimum absolute atomic E-state index is 0.178. The summed E-state index contributed by atoms with van der Waals surface area (Å²) in [5.74, 6) is -0.153. The number of aliphatic carboxylic acids is 1. The number of carbonyl (C=O) groups is 1. The van der Waals surface area contributed by atoms with Crippen LogP contribution < -0.4 is 0 Å². The van der Waals surface area contributed by atoms with Crippen molar-refractivity contribution in [2.24, 2.45) is 11.8 Å². The highest BCUT2D eigenvalue weighted by molar-refractivity contribution is 5.69. The molecule has 1 N–H and O–H groups in total. The van der Waals surface area contributed by atoms with Crippen LogP contribution in [0.2, 0.25) is 0 Å². The molecule has 0 radical (unpaired) electrons. The van der Waals surface area contributed by atoms with Crippen LogP contribution in [-0.2, 0) is 4.79 Å². The molecule has 2 atom stereocenters. The lowest BCUT2D eigenvalue weighted by Gasteiger charge is -2.12. The van der Waals surface area contributed by atoms with Gasteiger partial charge in [0.1, 0.15) is 0 Å². The fraction of sp³-hybridized carbons (Fsp3) is 0.923. The van der Waals surface area contributed by atoms with Crippen LogP contribution in [0.4, 0.5) is 0 Å². The first-order valence-electron chi connectivity index (χ1n) is 6.30. The summed E-state index contributed by atoms with van der Waals surface area (Å²) >= 11 is 0. The zero-order valence-electron chi connectivity index (χ0n) is 10.5. The van der Waals surface area contributed by atoms with E-state index in [1.807, 2.05) is 0 Å². The summed E-state index contributed by atoms with van der Waals surface area (Å²) in [5.41, 5.74) is 0. The second-order valence-corrected chi connectivity index (χ2v) is 4.77. The molecule has 0 rings (SSSR count). The van der Waals surface area contributed by atoms with Gasteiger partial charge in [0, 0.05) is 0 Å². The Bertz CT molecular complexity index is 166. The number of carboxylic acid groups (broad SMARTS) is 1. The molecule has 0 aliphatic rings. The molecular weight excluding hydrogens is 188 g/mol. The van der Waals surface area contributed by atoms with E-state index >= 15 is 0 Å². The maximum absolute atomic E-state index is 10.6. The Morgan fingerprint density at radius 1 is 1.07 bits per heavy atom. The lowest BCUT2D eigenvalue weighted by atomic mass is 9.94. The monoisotopic (exact) mass is 214 g/mol. The molecule has 2 unspecified atom stereocenters. The summed E-state index contributed by atoms with van der Waals surface area (Å²) in [4.78, 5) is 10.6. The summed E-state index contributed by atoms with van der Waals surface area (Å²) < 4.78 is 0. The zero-order chi connectivity index (χ0) is 11.7. The Hall–Kier alpha value is -0.530. The molecule has 0 bridgehead atoms. The number of rotatable bonds is 9. The summed E-state index contributed by atoms with van der Waals surface area (Å²) in [6.45, 7) is 6.25. The summed E-state index contributed by atoms with van der Waals surface area (Å²) in [6, 6.07) is 0. The fourth-order valence-electron chi connectivity index (χ4n) is 1.72. The molecule has 2 nitrogen and oxygen atoms in total. The molecule has 15 heavy (non-hydrogen) atoms. The predicted octanol–water partition coefficient (Wildman–Crippen LogP) is 4.09. The summed E-state index contributed by atoms with van der Waals surface area (Å²) in [5, 5.41) is 8.74. The Labute approximate surface area is 94.1 Å². The van der Waals surface area contributed by atoms with E-state index in [4.69, 9.17) is 5.11 Å². The van der Waals surface area contributed by atoms with Crippen molar-refractivity contribution in [2.45, 2.75) is 65.7 Å². The third-order valence-electron chi connectivity index (χ3n) is 3.06. The van der Waals surface area contributed by atoms with Crippen LogP contribution in [0.15, 0.2) is 0 Å². The minimum Gasteiger partial charge on any atom is -0.481 e. The smallest absolute Gasteiger partial charge is 0.306 e. The van der Waals surface area contributed by atoms with Gasteiger partial charge in [0.25, 0.3) is 0 Å². The highest BCUT2D eigenvalue weighted by Crippen LogP contribution is 2.18. The second-order valence-electron chi connectivity index (χ2n) is 4.77. The van der Waals surface area contributed by atoms with Crippen molar-refractivity contribution in [3.8, 4) is 0 Å². The van der Waals surface area contributed by atoms with Gasteiger partial charge in [0.15, 0.2) is 0 Å². The van der Waals surface area contributed by atoms with Crippen LogP contribution in [0.5, 0.6) is 0 Å². The molecule has 0 spiro atoms. The van der Waals surface area contributed by atoms with Gasteiger partial charge < -0.3 is 5.11 Å². The fourth-order valence-corrected chi connectivity index (χ4v) is 1.72. The summed E-state index contributed by atoms with van der Waals surface area (Å²) in [6.07, 6.45) is 8.38. The van der Waals surface area contributed by atoms with Gasteiger partial charge in [-0.15, -0.1) is 0 Å². The van der Waals surface area contributed by atoms with Gasteiger partial charge in [-0.3, -0.25) is 4.79 Å². The Kier molecular flexibility index (Phi) is 8.44. The molecule has 2 heteroatoms. The van der Waals surface area contributed by atoms with Crippen LogP contribution in [0.3, 0.4) is 0 Å². The molecular formula is C13H26O2. The standard InChI is InChI=1S/C13H26O2/c1-4-5-6-7-8-11(2)9-10-12(3)13(14)15/h11-12H,4-10H2,1-3H3,(H,14,15). The number of carboxylic acids is 1. The normalized spacial score (nSPS) is 14.9. The van der Waals surface area contributed by atoms with Crippen LogP contribution in [0, 0.1) is 11.8 Å². The van der Waals surface area contributed by atoms with Crippen molar-refractivity contribution >= 4 is 5.97 Å². The third kappa shape index (κ3) is 8.46. The third-order valence-corrected chi connectivity index (χ3v) is 3.06. The van der Waals surface area contributed by atoms with Crippen molar-refractivity contribution in [1.29, 1.82) is 0 Å². The van der Waals surface area contributed by atoms with Gasteiger partial charge in [-0.25, -0.2) is 0 Å². The van der Waals surface area contributed by atoms with E-state index in [-0.39, 0.29) is 5.92 Å². The molecule has 0 aliphatic carbocycles. The van der Waals surface area contributed by atoms with E-state index in [9.17, 15) is 4.79 Å². The predicted molar refractivity (Wildman–Crippen MR) is 64.0 cm³/mol. The van der Waals surface area contributed by atoms with Crippen LogP contribution in [-0.4, -0.2) is 11.1 Å². The van der Waals surface area contributed by atoms with E-state index < -0.39 is 5.97 Å². The molecule has 0 fully saturated rings. The second kappa shape index (κ2) is 8.75. The quantitative estimate of drug-likeness (QED) is 0.587. The van der Waals surface area contributed by atoms with E-state index in [2.05, 4.69) is 13.8 Å². The van der Waals surface area contributed by atoms with E-state index in [1.165, 1.54) is 32.1 Å². The maximum Gasteiger partial charge on any atom is 0.306 e. The largest absolute Gasteiger partial charge is 0.481 e. The molecule has 0 saturated heterocycles. The van der Waals surface area contributed by atoms with E-state index in [0.29, 0.717) is 5.92 Å². The van der Waals surface area contributed by atoms with Crippen molar-refractivity contribution in [3.05, 3.63) is 0 Å². The Balaban J connectivity index is 3.40. The lowest BCUT2D eigenvalue weighted by molar-refractivity contribution is -0.141. The SMILES string of the molecule is CCCCCCC(C)CCC(C)C(=O)O. The highest BCUT2D eigenvalue weighted by atomic mass is 16.4. The Morgan fingerprint density at radius 2 is 1.73 bits per heavy atom. The Morgan fingerprint density at radius 3 is 2.27 bits per heavy atom. The molecule has 0 amide bonds. The van der Waals surface area contributed by atoms with Gasteiger partial charge in [-0.2, -0.15) is 0 Å². The summed E-state index contributed by atoms with van der Waals surface area (Å²) in [7, 11) is 0. The molecule has 0 aliphatic heterocycles. The first-order valence-corrected chi connectivity index (χ1v) is 6.30. The van der Waals surface area contributed by atoms with E-state index in [1.54, 1.807) is 6.92 Å². The number of unbranched alkanes of at least 4 members (excludes halogenated alkanes) is 3. The molecule has 90 valence electrons.